The Morgan fingerprint density at radius 1 is 0.857 bits per heavy atom. The number of carbonyl (C=O) groups excluding carboxylic acids is 4. The molecule has 4 amide bonds. The van der Waals surface area contributed by atoms with Crippen molar-refractivity contribution in [3.05, 3.63) is 75.3 Å². The molecule has 1 atom stereocenters. The van der Waals surface area contributed by atoms with E-state index in [-0.39, 0.29) is 36.8 Å². The summed E-state index contributed by atoms with van der Waals surface area (Å²) in [4.78, 5) is 55.4. The molecule has 0 aromatic heterocycles. The zero-order valence-corrected chi connectivity index (χ0v) is 23.8. The van der Waals surface area contributed by atoms with Crippen LogP contribution in [0.3, 0.4) is 0 Å². The Hall–Kier alpha value is -3.47. The number of alkyl halides is 2. The number of allylic oxidation sites excluding steroid dienone is 1. The van der Waals surface area contributed by atoms with Gasteiger partial charge in [-0.3, -0.25) is 39.2 Å². The number of fused-ring (bicyclic) bond motifs is 1. The van der Waals surface area contributed by atoms with Gasteiger partial charge in [0.25, 0.3) is 17.7 Å². The van der Waals surface area contributed by atoms with Crippen LogP contribution in [0, 0.1) is 0 Å². The van der Waals surface area contributed by atoms with Crippen molar-refractivity contribution in [2.75, 3.05) is 32.7 Å². The molecule has 8 nitrogen and oxygen atoms in total. The molecule has 2 fully saturated rings. The molecule has 220 valence electrons. The molecule has 2 aromatic carbocycles. The molecule has 4 aliphatic rings. The third kappa shape index (κ3) is 5.75. The number of piperidine rings is 1. The molecule has 0 saturated carbocycles. The molecule has 11 heteroatoms. The predicted octanol–water partition coefficient (Wildman–Crippen LogP) is 4.13. The smallest absolute Gasteiger partial charge is 0.262 e. The van der Waals surface area contributed by atoms with Gasteiger partial charge in [-0.15, -0.1) is 0 Å². The van der Waals surface area contributed by atoms with E-state index in [0.717, 1.165) is 40.3 Å². The Morgan fingerprint density at radius 3 is 2.21 bits per heavy atom. The summed E-state index contributed by atoms with van der Waals surface area (Å²) >= 11 is 6.04. The summed E-state index contributed by atoms with van der Waals surface area (Å²) in [5.74, 6) is -4.79. The van der Waals surface area contributed by atoms with Crippen LogP contribution in [0.15, 0.2) is 48.0 Å². The Kier molecular flexibility index (Phi) is 7.72. The molecule has 42 heavy (non-hydrogen) atoms. The number of piperazine rings is 1. The minimum atomic E-state index is -2.70. The molecule has 6 rings (SSSR count). The summed E-state index contributed by atoms with van der Waals surface area (Å²) < 4.78 is 28.8. The maximum atomic E-state index is 14.4. The Bertz CT molecular complexity index is 1480. The SMILES string of the molecule is O=C1CCC(N2C(=O)c3ccc(CN4CCN(CC5=C(c6ccc(Cl)cc6)CCC(F)(F)C5)CC4)cc3C2=O)C(=O)N1. The third-order valence-electron chi connectivity index (χ3n) is 8.62. The van der Waals surface area contributed by atoms with Crippen LogP contribution >= 0.6 is 11.6 Å². The highest BCUT2D eigenvalue weighted by Crippen LogP contribution is 2.41. The molecule has 2 aromatic rings. The van der Waals surface area contributed by atoms with E-state index in [1.807, 2.05) is 18.2 Å². The highest BCUT2D eigenvalue weighted by molar-refractivity contribution is 6.30. The molecule has 2 saturated heterocycles. The van der Waals surface area contributed by atoms with Crippen molar-refractivity contribution in [1.29, 1.82) is 0 Å². The molecule has 0 spiro atoms. The van der Waals surface area contributed by atoms with E-state index < -0.39 is 35.6 Å². The lowest BCUT2D eigenvalue weighted by Gasteiger charge is -2.37. The van der Waals surface area contributed by atoms with Crippen molar-refractivity contribution in [2.45, 2.75) is 50.6 Å². The van der Waals surface area contributed by atoms with Crippen LogP contribution in [-0.2, 0) is 16.1 Å². The highest BCUT2D eigenvalue weighted by Gasteiger charge is 2.44. The van der Waals surface area contributed by atoms with E-state index in [4.69, 9.17) is 11.6 Å². The summed E-state index contributed by atoms with van der Waals surface area (Å²) in [6.45, 7) is 3.95. The van der Waals surface area contributed by atoms with Gasteiger partial charge in [0.15, 0.2) is 0 Å². The Morgan fingerprint density at radius 2 is 1.52 bits per heavy atom. The van der Waals surface area contributed by atoms with Crippen LogP contribution in [-0.4, -0.2) is 83.0 Å². The molecule has 3 heterocycles. The number of nitrogens with one attached hydrogen (secondary N) is 1. The van der Waals surface area contributed by atoms with E-state index in [0.29, 0.717) is 37.6 Å². The van der Waals surface area contributed by atoms with Crippen LogP contribution in [0.4, 0.5) is 8.78 Å². The van der Waals surface area contributed by atoms with Crippen molar-refractivity contribution >= 4 is 40.8 Å². The molecular formula is C31H31ClF2N4O4. The standard InChI is InChI=1S/C31H31ClF2N4O4/c32-22-4-2-20(3-5-22)23-9-10-31(33,34)16-21(23)18-37-13-11-36(12-14-37)17-19-1-6-24-25(15-19)30(42)38(29(24)41)26-7-8-27(39)35-28(26)40/h1-6,15,26H,7-14,16-18H2,(H,35,39,40). The van der Waals surface area contributed by atoms with Crippen LogP contribution in [0.2, 0.25) is 5.02 Å². The van der Waals surface area contributed by atoms with Gasteiger partial charge in [-0.1, -0.05) is 29.8 Å². The molecule has 1 N–H and O–H groups in total. The zero-order valence-electron chi connectivity index (χ0n) is 23.0. The maximum Gasteiger partial charge on any atom is 0.262 e. The first-order chi connectivity index (χ1) is 20.1. The van der Waals surface area contributed by atoms with E-state index in [9.17, 15) is 28.0 Å². The fraction of sp³-hybridized carbons (Fsp3) is 0.419. The monoisotopic (exact) mass is 596 g/mol. The van der Waals surface area contributed by atoms with Gasteiger partial charge in [-0.2, -0.15) is 0 Å². The molecule has 0 bridgehead atoms. The second-order valence-electron chi connectivity index (χ2n) is 11.5. The van der Waals surface area contributed by atoms with Gasteiger partial charge in [0, 0.05) is 63.6 Å². The average Bonchev–Trinajstić information content (AvgIpc) is 3.19. The molecule has 1 unspecified atom stereocenters. The average molecular weight is 597 g/mol. The summed E-state index contributed by atoms with van der Waals surface area (Å²) in [5.41, 5.74) is 4.11. The second-order valence-corrected chi connectivity index (χ2v) is 11.9. The first-order valence-electron chi connectivity index (χ1n) is 14.2. The van der Waals surface area contributed by atoms with E-state index >= 15 is 0 Å². The van der Waals surface area contributed by atoms with E-state index in [2.05, 4.69) is 15.1 Å². The number of halogens is 3. The number of nitrogens with zero attached hydrogens (tertiary/aromatic N) is 3. The maximum absolute atomic E-state index is 14.4. The first kappa shape index (κ1) is 28.6. The fourth-order valence-corrected chi connectivity index (χ4v) is 6.52. The van der Waals surface area contributed by atoms with Gasteiger partial charge in [0.2, 0.25) is 11.8 Å². The van der Waals surface area contributed by atoms with Crippen molar-refractivity contribution in [3.63, 3.8) is 0 Å². The second kappa shape index (κ2) is 11.3. The Labute approximate surface area is 247 Å². The number of benzene rings is 2. The zero-order chi connectivity index (χ0) is 29.6. The summed E-state index contributed by atoms with van der Waals surface area (Å²) in [6.07, 6.45) is 0.141. The van der Waals surface area contributed by atoms with Crippen molar-refractivity contribution < 1.29 is 28.0 Å². The summed E-state index contributed by atoms with van der Waals surface area (Å²) in [6, 6.07) is 11.5. The van der Waals surface area contributed by atoms with Crippen LogP contribution in [0.1, 0.15) is 63.9 Å². The summed E-state index contributed by atoms with van der Waals surface area (Å²) in [7, 11) is 0. The van der Waals surface area contributed by atoms with Crippen molar-refractivity contribution in [3.8, 4) is 0 Å². The summed E-state index contributed by atoms with van der Waals surface area (Å²) in [5, 5.41) is 2.82. The van der Waals surface area contributed by atoms with E-state index in [1.165, 1.54) is 0 Å². The Balaban J connectivity index is 1.09. The van der Waals surface area contributed by atoms with Gasteiger partial charge in [0.1, 0.15) is 6.04 Å². The van der Waals surface area contributed by atoms with Crippen LogP contribution in [0.5, 0.6) is 0 Å². The number of hydrogen-bond acceptors (Lipinski definition) is 6. The van der Waals surface area contributed by atoms with Gasteiger partial charge < -0.3 is 0 Å². The van der Waals surface area contributed by atoms with E-state index in [1.54, 1.807) is 24.3 Å². The normalized spacial score (nSPS) is 23.4. The number of rotatable bonds is 6. The number of amides is 4. The lowest BCUT2D eigenvalue weighted by Crippen LogP contribution is -2.54. The third-order valence-corrected chi connectivity index (χ3v) is 8.87. The van der Waals surface area contributed by atoms with Crippen molar-refractivity contribution in [1.82, 2.24) is 20.0 Å². The minimum absolute atomic E-state index is 0.0726. The number of carbonyl (C=O) groups is 4. The lowest BCUT2D eigenvalue weighted by molar-refractivity contribution is -0.136. The predicted molar refractivity (Wildman–Crippen MR) is 152 cm³/mol. The fourth-order valence-electron chi connectivity index (χ4n) is 6.39. The van der Waals surface area contributed by atoms with Crippen LogP contribution < -0.4 is 5.32 Å². The first-order valence-corrected chi connectivity index (χ1v) is 14.6. The molecular weight excluding hydrogens is 566 g/mol. The van der Waals surface area contributed by atoms with Gasteiger partial charge >= 0.3 is 0 Å². The lowest BCUT2D eigenvalue weighted by atomic mass is 9.85. The van der Waals surface area contributed by atoms with Crippen LogP contribution in [0.25, 0.3) is 5.57 Å². The van der Waals surface area contributed by atoms with Gasteiger partial charge in [-0.05, 0) is 59.4 Å². The topological polar surface area (TPSA) is 90.0 Å². The molecule has 0 radical (unpaired) electrons. The number of imide groups is 2. The number of hydrogen-bond donors (Lipinski definition) is 1. The van der Waals surface area contributed by atoms with Gasteiger partial charge in [-0.25, -0.2) is 8.78 Å². The minimum Gasteiger partial charge on any atom is -0.297 e. The quantitative estimate of drug-likeness (QED) is 0.505. The largest absolute Gasteiger partial charge is 0.297 e. The highest BCUT2D eigenvalue weighted by atomic mass is 35.5. The van der Waals surface area contributed by atoms with Crippen molar-refractivity contribution in [2.24, 2.45) is 0 Å². The van der Waals surface area contributed by atoms with Gasteiger partial charge in [0.05, 0.1) is 11.1 Å². The molecule has 1 aliphatic carbocycles. The molecule has 3 aliphatic heterocycles.